The third kappa shape index (κ3) is 6.43. The Balaban J connectivity index is 3.26. The Labute approximate surface area is 68.8 Å². The fourth-order valence-corrected chi connectivity index (χ4v) is 3.89. The van der Waals surface area contributed by atoms with Crippen molar-refractivity contribution in [3.05, 3.63) is 0 Å². The average Bonchev–Trinajstić information content (AvgIpc) is 1.63. The molecule has 9 heavy (non-hydrogen) atoms. The summed E-state index contributed by atoms with van der Waals surface area (Å²) < 4.78 is 3.20. The van der Waals surface area contributed by atoms with Crippen molar-refractivity contribution in [2.75, 3.05) is 0 Å². The van der Waals surface area contributed by atoms with Gasteiger partial charge in [0.05, 0.1) is 0 Å². The zero-order chi connectivity index (χ0) is 7.28. The molecule has 3 nitrogen and oxygen atoms in total. The van der Waals surface area contributed by atoms with Crippen LogP contribution in [0.2, 0.25) is 0 Å². The molecule has 0 heterocycles. The Kier molecular flexibility index (Phi) is 5.67. The van der Waals surface area contributed by atoms with E-state index in [0.29, 0.717) is 6.42 Å². The second-order valence-corrected chi connectivity index (χ2v) is 5.70. The predicted molar refractivity (Wildman–Crippen MR) is 40.7 cm³/mol. The summed E-state index contributed by atoms with van der Waals surface area (Å²) >= 11 is 2.09. The minimum absolute atomic E-state index is 0.0325. The molecule has 0 rings (SSSR count). The van der Waals surface area contributed by atoms with Gasteiger partial charge in [0.25, 0.3) is 0 Å². The first kappa shape index (κ1) is 9.55. The van der Waals surface area contributed by atoms with E-state index in [9.17, 15) is 4.79 Å². The molecule has 53 valence electrons. The molecular weight excluding hydrogens is 242 g/mol. The molecule has 2 atom stereocenters. The number of carbonyl (C=O) groups excluding carboxylic acids is 1. The molecule has 0 fully saturated rings. The van der Waals surface area contributed by atoms with Crippen molar-refractivity contribution in [2.24, 2.45) is 5.73 Å². The van der Waals surface area contributed by atoms with E-state index in [1.54, 1.807) is 0 Å². The van der Waals surface area contributed by atoms with Gasteiger partial charge in [0.1, 0.15) is 0 Å². The number of hydrogen-bond acceptors (Lipinski definition) is 2. The van der Waals surface area contributed by atoms with Gasteiger partial charge in [-0.3, -0.25) is 0 Å². The second kappa shape index (κ2) is 5.34. The topological polar surface area (TPSA) is 55.1 Å². The molecule has 1 amide bonds. The molecule has 0 aromatic carbocycles. The van der Waals surface area contributed by atoms with Crippen molar-refractivity contribution in [1.29, 1.82) is 0 Å². The van der Waals surface area contributed by atoms with Crippen LogP contribution in [0.15, 0.2) is 0 Å². The molecule has 0 saturated heterocycles. The molecule has 0 aliphatic heterocycles. The van der Waals surface area contributed by atoms with Gasteiger partial charge in [-0.15, -0.1) is 0 Å². The van der Waals surface area contributed by atoms with Gasteiger partial charge in [-0.2, -0.15) is 0 Å². The van der Waals surface area contributed by atoms with Crippen LogP contribution in [0, 0.1) is 0 Å². The molecule has 0 aromatic heterocycles. The summed E-state index contributed by atoms with van der Waals surface area (Å²) in [5.41, 5.74) is 4.96. The zero-order valence-electron chi connectivity index (χ0n) is 5.27. The molecule has 0 aliphatic carbocycles. The van der Waals surface area contributed by atoms with Crippen LogP contribution in [-0.2, 0) is 4.79 Å². The zero-order valence-corrected chi connectivity index (χ0v) is 9.47. The summed E-state index contributed by atoms with van der Waals surface area (Å²) in [5, 5.41) is 0. The van der Waals surface area contributed by atoms with Crippen LogP contribution >= 0.6 is 0 Å². The number of hydrogen-bond donors (Lipinski definition) is 2. The van der Waals surface area contributed by atoms with Gasteiger partial charge in [-0.25, -0.2) is 0 Å². The quantitative estimate of drug-likeness (QED) is 0.570. The monoisotopic (exact) mass is 253 g/mol. The summed E-state index contributed by atoms with van der Waals surface area (Å²) in [5.74, 6) is -0.227. The molecule has 0 aliphatic rings. The van der Waals surface area contributed by atoms with Gasteiger partial charge in [0, 0.05) is 0 Å². The molecule has 0 saturated carbocycles. The van der Waals surface area contributed by atoms with E-state index in [2.05, 4.69) is 19.0 Å². The first-order valence-corrected chi connectivity index (χ1v) is 10.2. The fraction of sp³-hybridized carbons (Fsp3) is 0.750. The summed E-state index contributed by atoms with van der Waals surface area (Å²) in [6.07, 6.45) is 0.456. The van der Waals surface area contributed by atoms with Crippen molar-refractivity contribution in [3.8, 4) is 0 Å². The number of rotatable bonds is 4. The summed E-state index contributed by atoms with van der Waals surface area (Å²) in [6, 6.07) is 0.271. The van der Waals surface area contributed by atoms with Crippen LogP contribution in [0.5, 0.6) is 0 Å². The molecule has 2 unspecified atom stereocenters. The van der Waals surface area contributed by atoms with Crippen LogP contribution < -0.4 is 9.97 Å². The Morgan fingerprint density at radius 1 is 2.00 bits per heavy atom. The van der Waals surface area contributed by atoms with Crippen LogP contribution in [0.1, 0.15) is 13.3 Å². The Bertz CT molecular complexity index is 98.6. The number of nitrogens with one attached hydrogen (secondary N) is 1. The molecule has 1 radical (unpaired) electrons. The number of carbonyl (C=O) groups is 1. The second-order valence-electron chi connectivity index (χ2n) is 1.84. The van der Waals surface area contributed by atoms with E-state index in [4.69, 9.17) is 5.73 Å². The molecule has 0 bridgehead atoms. The predicted octanol–water partition coefficient (Wildman–Crippen LogP) is -1.99. The molecule has 5 heteroatoms. The van der Waals surface area contributed by atoms with Crippen molar-refractivity contribution >= 4 is 34.6 Å². The number of amides is 1. The third-order valence-corrected chi connectivity index (χ3v) is 3.74. The van der Waals surface area contributed by atoms with E-state index in [-0.39, 0.29) is 25.9 Å². The molecule has 3 N–H and O–H groups in total. The Hall–Kier alpha value is 0.547. The van der Waals surface area contributed by atoms with Crippen molar-refractivity contribution in [2.45, 2.75) is 19.4 Å². The standard InChI is InChI=1S/C4H11As2N2O/c1-3(8-6-5)2-4(7)9/h3,5-6,8H,2H2,1H3,(H2,7,9). The number of nitrogens with two attached hydrogens (primary N) is 1. The summed E-state index contributed by atoms with van der Waals surface area (Å²) in [7, 11) is 0. The van der Waals surface area contributed by atoms with Gasteiger partial charge in [0.2, 0.25) is 0 Å². The molecular formula is C4H11As2N2O. The molecule has 0 aromatic rings. The van der Waals surface area contributed by atoms with Gasteiger partial charge in [-0.1, -0.05) is 0 Å². The van der Waals surface area contributed by atoms with Gasteiger partial charge in [-0.05, 0) is 0 Å². The fourth-order valence-electron chi connectivity index (χ4n) is 0.476. The first-order valence-electron chi connectivity index (χ1n) is 2.62. The van der Waals surface area contributed by atoms with Crippen molar-refractivity contribution in [3.63, 3.8) is 0 Å². The number of primary amides is 1. The van der Waals surface area contributed by atoms with E-state index in [0.717, 1.165) is 0 Å². The SMILES string of the molecule is CC(CC(N)=O)N[AsH][AsH]. The third-order valence-electron chi connectivity index (χ3n) is 0.826. The Morgan fingerprint density at radius 2 is 2.56 bits per heavy atom. The average molecular weight is 253 g/mol. The van der Waals surface area contributed by atoms with Gasteiger partial charge in [0.15, 0.2) is 0 Å². The van der Waals surface area contributed by atoms with Crippen molar-refractivity contribution in [1.82, 2.24) is 4.23 Å². The van der Waals surface area contributed by atoms with E-state index in [1.807, 2.05) is 6.92 Å². The van der Waals surface area contributed by atoms with Crippen LogP contribution in [-0.4, -0.2) is 40.6 Å². The van der Waals surface area contributed by atoms with Crippen LogP contribution in [0.4, 0.5) is 0 Å². The normalized spacial score (nSPS) is 14.4. The van der Waals surface area contributed by atoms with Crippen LogP contribution in [0.25, 0.3) is 0 Å². The Morgan fingerprint density at radius 3 is 2.89 bits per heavy atom. The van der Waals surface area contributed by atoms with E-state index in [1.165, 1.54) is 0 Å². The van der Waals surface area contributed by atoms with E-state index >= 15 is 0 Å². The summed E-state index contributed by atoms with van der Waals surface area (Å²) in [4.78, 5) is 10.3. The van der Waals surface area contributed by atoms with Crippen molar-refractivity contribution < 1.29 is 4.79 Å². The van der Waals surface area contributed by atoms with Crippen LogP contribution in [0.3, 0.4) is 0 Å². The van der Waals surface area contributed by atoms with E-state index < -0.39 is 0 Å². The van der Waals surface area contributed by atoms with Gasteiger partial charge >= 0.3 is 68.8 Å². The maximum atomic E-state index is 10.3. The summed E-state index contributed by atoms with van der Waals surface area (Å²) in [6.45, 7) is 1.97. The minimum atomic E-state index is -0.227. The molecule has 0 spiro atoms. The van der Waals surface area contributed by atoms with Gasteiger partial charge < -0.3 is 0 Å². The first-order chi connectivity index (χ1) is 4.16. The maximum absolute atomic E-state index is 10.3.